The van der Waals surface area contributed by atoms with Gasteiger partial charge in [-0.1, -0.05) is 29.8 Å². The SMILES string of the molecule is Cc1ccc(NC(=O)CNc2ccccc2N2CCC(O)CC2)c(C)c1. The smallest absolute Gasteiger partial charge is 0.243 e. The number of carbonyl (C=O) groups is 1. The average Bonchev–Trinajstić information content (AvgIpc) is 2.63. The van der Waals surface area contributed by atoms with Crippen LogP contribution in [0.15, 0.2) is 42.5 Å². The van der Waals surface area contributed by atoms with E-state index in [2.05, 4.69) is 27.7 Å². The number of aliphatic hydroxyl groups excluding tert-OH is 1. The van der Waals surface area contributed by atoms with Gasteiger partial charge in [0.15, 0.2) is 0 Å². The number of hydrogen-bond donors (Lipinski definition) is 3. The van der Waals surface area contributed by atoms with Crippen LogP contribution in [0.4, 0.5) is 17.1 Å². The van der Waals surface area contributed by atoms with Gasteiger partial charge in [-0.05, 0) is 50.5 Å². The van der Waals surface area contributed by atoms with Gasteiger partial charge >= 0.3 is 0 Å². The van der Waals surface area contributed by atoms with Crippen molar-refractivity contribution in [2.45, 2.75) is 32.8 Å². The van der Waals surface area contributed by atoms with Crippen LogP contribution < -0.4 is 15.5 Å². The van der Waals surface area contributed by atoms with Crippen LogP contribution in [0, 0.1) is 13.8 Å². The zero-order valence-corrected chi connectivity index (χ0v) is 15.5. The molecule has 138 valence electrons. The van der Waals surface area contributed by atoms with Gasteiger partial charge in [0.05, 0.1) is 24.0 Å². The van der Waals surface area contributed by atoms with Crippen LogP contribution in [0.5, 0.6) is 0 Å². The van der Waals surface area contributed by atoms with Crippen LogP contribution in [0.25, 0.3) is 0 Å². The highest BCUT2D eigenvalue weighted by atomic mass is 16.3. The van der Waals surface area contributed by atoms with E-state index in [0.29, 0.717) is 0 Å². The van der Waals surface area contributed by atoms with Gasteiger partial charge in [-0.3, -0.25) is 4.79 Å². The first-order valence-corrected chi connectivity index (χ1v) is 9.16. The van der Waals surface area contributed by atoms with Crippen LogP contribution in [-0.4, -0.2) is 36.8 Å². The molecule has 1 amide bonds. The van der Waals surface area contributed by atoms with E-state index in [1.807, 2.05) is 44.2 Å². The second-order valence-electron chi connectivity index (χ2n) is 6.96. The number of anilines is 3. The molecule has 5 nitrogen and oxygen atoms in total. The lowest BCUT2D eigenvalue weighted by Gasteiger charge is -2.32. The number of para-hydroxylation sites is 2. The van der Waals surface area contributed by atoms with Crippen LogP contribution in [0.3, 0.4) is 0 Å². The quantitative estimate of drug-likeness (QED) is 0.772. The van der Waals surface area contributed by atoms with Crippen molar-refractivity contribution >= 4 is 23.0 Å². The number of hydrogen-bond acceptors (Lipinski definition) is 4. The van der Waals surface area contributed by atoms with E-state index in [-0.39, 0.29) is 18.6 Å². The Hall–Kier alpha value is -2.53. The van der Waals surface area contributed by atoms with Gasteiger partial charge in [0.25, 0.3) is 0 Å². The first kappa shape index (κ1) is 18.3. The van der Waals surface area contributed by atoms with Gasteiger partial charge in [0.2, 0.25) is 5.91 Å². The molecule has 5 heteroatoms. The van der Waals surface area contributed by atoms with Crippen LogP contribution in [0.2, 0.25) is 0 Å². The van der Waals surface area contributed by atoms with E-state index >= 15 is 0 Å². The number of nitrogens with zero attached hydrogens (tertiary/aromatic N) is 1. The number of amides is 1. The summed E-state index contributed by atoms with van der Waals surface area (Å²) in [7, 11) is 0. The molecule has 0 aromatic heterocycles. The molecule has 1 heterocycles. The molecule has 3 N–H and O–H groups in total. The molecular formula is C21H27N3O2. The fourth-order valence-electron chi connectivity index (χ4n) is 3.33. The molecule has 0 bridgehead atoms. The Balaban J connectivity index is 1.61. The largest absolute Gasteiger partial charge is 0.393 e. The van der Waals surface area contributed by atoms with E-state index in [1.165, 1.54) is 5.56 Å². The summed E-state index contributed by atoms with van der Waals surface area (Å²) >= 11 is 0. The highest BCUT2D eigenvalue weighted by Crippen LogP contribution is 2.28. The Morgan fingerprint density at radius 1 is 1.12 bits per heavy atom. The molecule has 26 heavy (non-hydrogen) atoms. The summed E-state index contributed by atoms with van der Waals surface area (Å²) in [4.78, 5) is 14.6. The highest BCUT2D eigenvalue weighted by Gasteiger charge is 2.19. The van der Waals surface area contributed by atoms with Gasteiger partial charge < -0.3 is 20.6 Å². The van der Waals surface area contributed by atoms with Gasteiger partial charge in [0, 0.05) is 18.8 Å². The summed E-state index contributed by atoms with van der Waals surface area (Å²) in [6.07, 6.45) is 1.36. The first-order chi connectivity index (χ1) is 12.5. The third-order valence-corrected chi connectivity index (χ3v) is 4.80. The minimum Gasteiger partial charge on any atom is -0.393 e. The Morgan fingerprint density at radius 2 is 1.85 bits per heavy atom. The van der Waals surface area contributed by atoms with Crippen LogP contribution in [0.1, 0.15) is 24.0 Å². The van der Waals surface area contributed by atoms with Crippen LogP contribution in [-0.2, 0) is 4.79 Å². The van der Waals surface area contributed by atoms with Gasteiger partial charge in [-0.2, -0.15) is 0 Å². The molecule has 2 aromatic carbocycles. The first-order valence-electron chi connectivity index (χ1n) is 9.16. The summed E-state index contributed by atoms with van der Waals surface area (Å²) in [5, 5.41) is 15.9. The monoisotopic (exact) mass is 353 g/mol. The number of aryl methyl sites for hydroxylation is 2. The van der Waals surface area contributed by atoms with Gasteiger partial charge in [-0.15, -0.1) is 0 Å². The zero-order valence-electron chi connectivity index (χ0n) is 15.5. The van der Waals surface area contributed by atoms with Crippen molar-refractivity contribution in [3.05, 3.63) is 53.6 Å². The van der Waals surface area contributed by atoms with E-state index in [4.69, 9.17) is 0 Å². The minimum atomic E-state index is -0.199. The number of carbonyl (C=O) groups excluding carboxylic acids is 1. The molecule has 2 aromatic rings. The Morgan fingerprint density at radius 3 is 2.58 bits per heavy atom. The van der Waals surface area contributed by atoms with Crippen molar-refractivity contribution in [1.82, 2.24) is 0 Å². The highest BCUT2D eigenvalue weighted by molar-refractivity contribution is 5.95. The van der Waals surface area contributed by atoms with Crippen molar-refractivity contribution in [2.24, 2.45) is 0 Å². The summed E-state index contributed by atoms with van der Waals surface area (Å²) in [6, 6.07) is 14.0. The molecule has 1 saturated heterocycles. The van der Waals surface area contributed by atoms with Crippen molar-refractivity contribution in [3.8, 4) is 0 Å². The van der Waals surface area contributed by atoms with E-state index in [9.17, 15) is 9.90 Å². The van der Waals surface area contributed by atoms with Crippen molar-refractivity contribution in [1.29, 1.82) is 0 Å². The predicted octanol–water partition coefficient (Wildman–Crippen LogP) is 3.32. The van der Waals surface area contributed by atoms with Crippen molar-refractivity contribution < 1.29 is 9.90 Å². The Bertz CT molecular complexity index is 768. The molecule has 3 rings (SSSR count). The molecule has 0 radical (unpaired) electrons. The number of nitrogens with one attached hydrogen (secondary N) is 2. The maximum Gasteiger partial charge on any atom is 0.243 e. The van der Waals surface area contributed by atoms with E-state index in [1.54, 1.807) is 0 Å². The fraction of sp³-hybridized carbons (Fsp3) is 0.381. The number of aliphatic hydroxyl groups is 1. The Labute approximate surface area is 155 Å². The lowest BCUT2D eigenvalue weighted by molar-refractivity contribution is -0.114. The van der Waals surface area contributed by atoms with Crippen LogP contribution >= 0.6 is 0 Å². The predicted molar refractivity (Wildman–Crippen MR) is 107 cm³/mol. The number of piperidine rings is 1. The maximum atomic E-state index is 12.3. The standard InChI is InChI=1S/C21H27N3O2/c1-15-7-8-18(16(2)13-15)23-21(26)14-22-19-5-3-4-6-20(19)24-11-9-17(25)10-12-24/h3-8,13,17,22,25H,9-12,14H2,1-2H3,(H,23,26). The summed E-state index contributed by atoms with van der Waals surface area (Å²) < 4.78 is 0. The number of rotatable bonds is 5. The molecule has 0 atom stereocenters. The molecular weight excluding hydrogens is 326 g/mol. The summed E-state index contributed by atoms with van der Waals surface area (Å²) in [5.41, 5.74) is 5.11. The fourth-order valence-corrected chi connectivity index (χ4v) is 3.33. The van der Waals surface area contributed by atoms with Crippen molar-refractivity contribution in [2.75, 3.05) is 35.2 Å². The second kappa shape index (κ2) is 8.23. The normalized spacial score (nSPS) is 15.0. The van der Waals surface area contributed by atoms with Gasteiger partial charge in [0.1, 0.15) is 0 Å². The second-order valence-corrected chi connectivity index (χ2v) is 6.96. The molecule has 0 spiro atoms. The van der Waals surface area contributed by atoms with Crippen molar-refractivity contribution in [3.63, 3.8) is 0 Å². The molecule has 1 aliphatic heterocycles. The van der Waals surface area contributed by atoms with Gasteiger partial charge in [-0.25, -0.2) is 0 Å². The van der Waals surface area contributed by atoms with E-state index in [0.717, 1.165) is 48.6 Å². The number of benzene rings is 2. The average molecular weight is 353 g/mol. The molecule has 0 unspecified atom stereocenters. The molecule has 1 aliphatic rings. The lowest BCUT2D eigenvalue weighted by atomic mass is 10.1. The topological polar surface area (TPSA) is 64.6 Å². The maximum absolute atomic E-state index is 12.3. The summed E-state index contributed by atoms with van der Waals surface area (Å²) in [6.45, 7) is 5.90. The third kappa shape index (κ3) is 4.55. The molecule has 0 saturated carbocycles. The molecule has 1 fully saturated rings. The third-order valence-electron chi connectivity index (χ3n) is 4.80. The van der Waals surface area contributed by atoms with E-state index < -0.39 is 0 Å². The Kier molecular flexibility index (Phi) is 5.78. The summed E-state index contributed by atoms with van der Waals surface area (Å²) in [5.74, 6) is -0.0687. The zero-order chi connectivity index (χ0) is 18.5. The minimum absolute atomic E-state index is 0.0687. The molecule has 0 aliphatic carbocycles. The lowest BCUT2D eigenvalue weighted by Crippen LogP contribution is -2.36.